The molecule has 3 fully saturated rings. The van der Waals surface area contributed by atoms with Gasteiger partial charge < -0.3 is 29.7 Å². The fourth-order valence-corrected chi connectivity index (χ4v) is 6.11. The highest BCUT2D eigenvalue weighted by atomic mass is 35.5. The van der Waals surface area contributed by atoms with Crippen LogP contribution in [-0.2, 0) is 38.8 Å². The first-order chi connectivity index (χ1) is 23.4. The van der Waals surface area contributed by atoms with Crippen LogP contribution in [0.25, 0.3) is 0 Å². The summed E-state index contributed by atoms with van der Waals surface area (Å²) < 4.78 is 17.1. The second kappa shape index (κ2) is 15.9. The summed E-state index contributed by atoms with van der Waals surface area (Å²) >= 11 is 6.61. The molecule has 254 valence electrons. The van der Waals surface area contributed by atoms with Crippen LogP contribution in [0.1, 0.15) is 48.8 Å². The Balaban J connectivity index is 1.05. The maximum atomic E-state index is 14.2. The summed E-state index contributed by atoms with van der Waals surface area (Å²) in [5.41, 5.74) is 3.41. The number of nitrogens with zero attached hydrogens (tertiary/aromatic N) is 2. The highest BCUT2D eigenvalue weighted by Crippen LogP contribution is 2.33. The van der Waals surface area contributed by atoms with Crippen molar-refractivity contribution in [2.45, 2.75) is 63.9 Å². The van der Waals surface area contributed by atoms with Crippen molar-refractivity contribution in [1.29, 1.82) is 0 Å². The molecule has 3 aromatic rings. The number of ether oxygens (including phenoxy) is 3. The molecule has 1 aliphatic heterocycles. The smallest absolute Gasteiger partial charge is 0.247 e. The second-order valence-electron chi connectivity index (χ2n) is 12.6. The molecule has 3 aromatic carbocycles. The summed E-state index contributed by atoms with van der Waals surface area (Å²) in [5, 5.41) is 6.70. The average molecular weight is 675 g/mol. The van der Waals surface area contributed by atoms with Crippen molar-refractivity contribution in [1.82, 2.24) is 15.5 Å². The van der Waals surface area contributed by atoms with E-state index in [9.17, 15) is 14.4 Å². The zero-order valence-corrected chi connectivity index (χ0v) is 28.0. The van der Waals surface area contributed by atoms with E-state index in [4.69, 9.17) is 25.8 Å². The quantitative estimate of drug-likeness (QED) is 0.209. The number of nitrogens with one attached hydrogen (secondary N) is 2. The number of methoxy groups -OCH3 is 1. The van der Waals surface area contributed by atoms with Gasteiger partial charge in [0.25, 0.3) is 0 Å². The van der Waals surface area contributed by atoms with Gasteiger partial charge in [0, 0.05) is 54.3 Å². The van der Waals surface area contributed by atoms with Crippen molar-refractivity contribution < 1.29 is 28.6 Å². The third-order valence-corrected chi connectivity index (χ3v) is 9.25. The first kappa shape index (κ1) is 33.8. The summed E-state index contributed by atoms with van der Waals surface area (Å²) in [7, 11) is 1.65. The second-order valence-corrected chi connectivity index (χ2v) is 13.0. The molecule has 2 aliphatic carbocycles. The van der Waals surface area contributed by atoms with E-state index in [1.165, 1.54) is 0 Å². The van der Waals surface area contributed by atoms with Crippen LogP contribution in [0.2, 0.25) is 5.02 Å². The molecule has 10 nitrogen and oxygen atoms in total. The Morgan fingerprint density at radius 3 is 2.54 bits per heavy atom. The number of amides is 3. The SMILES string of the molecule is COc1ccccc1COCCCOc1ccc(N2C(=O)CNC[C@@H]2C(=O)N(Cc2cc(CNC(=O)C3CC3)ccc2Cl)C2CC2)cc1. The van der Waals surface area contributed by atoms with E-state index in [2.05, 4.69) is 10.6 Å². The molecule has 1 saturated heterocycles. The molecule has 48 heavy (non-hydrogen) atoms. The van der Waals surface area contributed by atoms with Crippen LogP contribution in [0, 0.1) is 5.92 Å². The van der Waals surface area contributed by atoms with Crippen molar-refractivity contribution in [3.05, 3.63) is 88.4 Å². The summed E-state index contributed by atoms with van der Waals surface area (Å²) in [4.78, 5) is 43.0. The van der Waals surface area contributed by atoms with Gasteiger partial charge >= 0.3 is 0 Å². The van der Waals surface area contributed by atoms with Gasteiger partial charge in [-0.05, 0) is 73.2 Å². The van der Waals surface area contributed by atoms with Gasteiger partial charge in [0.1, 0.15) is 17.5 Å². The molecule has 2 N–H and O–H groups in total. The fourth-order valence-electron chi connectivity index (χ4n) is 5.93. The predicted molar refractivity (Wildman–Crippen MR) is 183 cm³/mol. The van der Waals surface area contributed by atoms with Gasteiger partial charge in [-0.1, -0.05) is 41.9 Å². The molecule has 3 aliphatic rings. The van der Waals surface area contributed by atoms with E-state index in [-0.39, 0.29) is 36.2 Å². The van der Waals surface area contributed by atoms with E-state index < -0.39 is 6.04 Å². The maximum absolute atomic E-state index is 14.2. The number of hydrogen-bond acceptors (Lipinski definition) is 7. The number of halogens is 1. The largest absolute Gasteiger partial charge is 0.496 e. The van der Waals surface area contributed by atoms with Gasteiger partial charge in [0.2, 0.25) is 17.7 Å². The van der Waals surface area contributed by atoms with Gasteiger partial charge in [0.05, 0.1) is 33.5 Å². The molecular weight excluding hydrogens is 632 g/mol. The number of rotatable bonds is 16. The molecule has 3 amide bonds. The average Bonchev–Trinajstić information content (AvgIpc) is 4.03. The Kier molecular flexibility index (Phi) is 11.2. The molecule has 11 heteroatoms. The third-order valence-electron chi connectivity index (χ3n) is 8.88. The first-order valence-electron chi connectivity index (χ1n) is 16.7. The number of carbonyl (C=O) groups excluding carboxylic acids is 3. The number of benzene rings is 3. The molecule has 6 rings (SSSR count). The predicted octanol–water partition coefficient (Wildman–Crippen LogP) is 4.86. The summed E-state index contributed by atoms with van der Waals surface area (Å²) in [6.07, 6.45) is 4.43. The van der Waals surface area contributed by atoms with Crippen molar-refractivity contribution in [2.75, 3.05) is 38.3 Å². The monoisotopic (exact) mass is 674 g/mol. The minimum absolute atomic E-state index is 0.0845. The Morgan fingerprint density at radius 2 is 1.79 bits per heavy atom. The summed E-state index contributed by atoms with van der Waals surface area (Å²) in [5.74, 6) is 1.43. The lowest BCUT2D eigenvalue weighted by molar-refractivity contribution is -0.136. The van der Waals surface area contributed by atoms with Gasteiger partial charge in [0.15, 0.2) is 0 Å². The first-order valence-corrected chi connectivity index (χ1v) is 17.1. The Morgan fingerprint density at radius 1 is 1.00 bits per heavy atom. The highest BCUT2D eigenvalue weighted by molar-refractivity contribution is 6.31. The van der Waals surface area contributed by atoms with Gasteiger partial charge in [-0.3, -0.25) is 19.3 Å². The lowest BCUT2D eigenvalue weighted by Crippen LogP contribution is -2.61. The van der Waals surface area contributed by atoms with Crippen LogP contribution in [0.3, 0.4) is 0 Å². The Hall–Kier alpha value is -4.12. The zero-order valence-electron chi connectivity index (χ0n) is 27.3. The van der Waals surface area contributed by atoms with Crippen LogP contribution < -0.4 is 25.0 Å². The Labute approximate surface area is 286 Å². The van der Waals surface area contributed by atoms with Gasteiger partial charge in [-0.15, -0.1) is 0 Å². The maximum Gasteiger partial charge on any atom is 0.247 e. The van der Waals surface area contributed by atoms with Crippen molar-refractivity contribution in [3.63, 3.8) is 0 Å². The van der Waals surface area contributed by atoms with Crippen molar-refractivity contribution in [3.8, 4) is 11.5 Å². The number of para-hydroxylation sites is 1. The molecular formula is C37H43ClN4O6. The van der Waals surface area contributed by atoms with Crippen LogP contribution in [0.4, 0.5) is 5.69 Å². The molecule has 2 saturated carbocycles. The van der Waals surface area contributed by atoms with Crippen LogP contribution in [0.5, 0.6) is 11.5 Å². The standard InChI is InChI=1S/C37H43ClN4O6/c1-46-34-6-3-2-5-27(34)24-47-17-4-18-48-31-14-12-30(13-15-31)42-33(21-39-22-35(42)43)37(45)41(29-10-11-29)23-28-19-25(7-16-32(28)38)20-40-36(44)26-8-9-26/h2-3,5-7,12-16,19,26,29,33,39H,4,8-11,17-18,20-24H2,1H3,(H,40,44)/t33-/m1/s1. The lowest BCUT2D eigenvalue weighted by Gasteiger charge is -2.38. The molecule has 0 radical (unpaired) electrons. The van der Waals surface area contributed by atoms with Crippen molar-refractivity contribution in [2.24, 2.45) is 5.92 Å². The van der Waals surface area contributed by atoms with Gasteiger partial charge in [-0.2, -0.15) is 0 Å². The minimum atomic E-state index is -0.696. The van der Waals surface area contributed by atoms with Crippen LogP contribution in [-0.4, -0.2) is 68.1 Å². The molecule has 1 heterocycles. The van der Waals surface area contributed by atoms with Crippen molar-refractivity contribution >= 4 is 35.0 Å². The zero-order chi connectivity index (χ0) is 33.5. The van der Waals surface area contributed by atoms with E-state index in [0.29, 0.717) is 62.3 Å². The van der Waals surface area contributed by atoms with Crippen LogP contribution >= 0.6 is 11.6 Å². The molecule has 0 spiro atoms. The van der Waals surface area contributed by atoms with E-state index in [1.807, 2.05) is 71.6 Å². The lowest BCUT2D eigenvalue weighted by atomic mass is 10.1. The van der Waals surface area contributed by atoms with Gasteiger partial charge in [-0.25, -0.2) is 0 Å². The normalized spacial score (nSPS) is 17.6. The third kappa shape index (κ3) is 8.66. The Bertz CT molecular complexity index is 1590. The molecule has 0 bridgehead atoms. The highest BCUT2D eigenvalue weighted by Gasteiger charge is 2.41. The van der Waals surface area contributed by atoms with E-state index >= 15 is 0 Å². The minimum Gasteiger partial charge on any atom is -0.496 e. The van der Waals surface area contributed by atoms with E-state index in [1.54, 1.807) is 12.0 Å². The molecule has 0 aromatic heterocycles. The molecule has 1 atom stereocenters. The van der Waals surface area contributed by atoms with Crippen LogP contribution in [0.15, 0.2) is 66.7 Å². The number of piperazine rings is 1. The van der Waals surface area contributed by atoms with E-state index in [0.717, 1.165) is 48.1 Å². The summed E-state index contributed by atoms with van der Waals surface area (Å²) in [6.45, 7) is 2.74. The summed E-state index contributed by atoms with van der Waals surface area (Å²) in [6, 6.07) is 20.2. The topological polar surface area (TPSA) is 109 Å². The number of anilines is 1. The fraction of sp³-hybridized carbons (Fsp3) is 0.432. The number of hydrogen-bond donors (Lipinski definition) is 2. The number of carbonyl (C=O) groups is 3. The molecule has 0 unspecified atom stereocenters.